The number of rotatable bonds is 6. The largest absolute Gasteiger partial charge is 0.433 e. The molecule has 2 N–H and O–H groups in total. The van der Waals surface area contributed by atoms with Gasteiger partial charge in [-0.2, -0.15) is 13.9 Å². The van der Waals surface area contributed by atoms with Crippen molar-refractivity contribution in [2.75, 3.05) is 10.6 Å². The minimum Gasteiger partial charge on any atom is -0.433 e. The van der Waals surface area contributed by atoms with Crippen molar-refractivity contribution in [3.63, 3.8) is 0 Å². The number of carbonyl (C=O) groups is 1. The highest BCUT2D eigenvalue weighted by molar-refractivity contribution is 6.30. The van der Waals surface area contributed by atoms with Crippen molar-refractivity contribution in [2.24, 2.45) is 0 Å². The van der Waals surface area contributed by atoms with Gasteiger partial charge in [0.15, 0.2) is 0 Å². The number of amides is 2. The van der Waals surface area contributed by atoms with Gasteiger partial charge in [-0.1, -0.05) is 23.7 Å². The Labute approximate surface area is 197 Å². The van der Waals surface area contributed by atoms with E-state index in [1.165, 1.54) is 53.2 Å². The van der Waals surface area contributed by atoms with Gasteiger partial charge in [-0.15, -0.1) is 0 Å². The van der Waals surface area contributed by atoms with Crippen LogP contribution in [0.5, 0.6) is 5.75 Å². The molecule has 6 nitrogen and oxygen atoms in total. The van der Waals surface area contributed by atoms with Gasteiger partial charge in [-0.3, -0.25) is 5.32 Å². The first-order valence-electron chi connectivity index (χ1n) is 10.0. The molecule has 2 amide bonds. The lowest BCUT2D eigenvalue weighted by atomic mass is 10.1. The van der Waals surface area contributed by atoms with Crippen LogP contribution in [0.2, 0.25) is 5.02 Å². The molecule has 0 unspecified atom stereocenters. The molecule has 1 heterocycles. The molecule has 4 rings (SSSR count). The van der Waals surface area contributed by atoms with Crippen LogP contribution in [0.1, 0.15) is 6.92 Å². The van der Waals surface area contributed by atoms with Gasteiger partial charge < -0.3 is 10.1 Å². The SMILES string of the molecule is CC(F)(F)Oc1ccc(NC(=O)Nc2cc(-c3ccc(Cl)cc3)nn2-c2ccc(F)cc2)cc1. The number of carbonyl (C=O) groups excluding carboxylic acids is 1. The van der Waals surface area contributed by atoms with E-state index < -0.39 is 18.0 Å². The van der Waals surface area contributed by atoms with Crippen LogP contribution >= 0.6 is 11.6 Å². The molecule has 0 fully saturated rings. The number of alkyl halides is 2. The Hall–Kier alpha value is -3.98. The smallest absolute Gasteiger partial charge is 0.394 e. The maximum absolute atomic E-state index is 13.4. The van der Waals surface area contributed by atoms with Crippen LogP contribution < -0.4 is 15.4 Å². The number of ether oxygens (including phenoxy) is 1. The summed E-state index contributed by atoms with van der Waals surface area (Å²) in [6.07, 6.45) is -3.31. The van der Waals surface area contributed by atoms with E-state index in [1.807, 2.05) is 0 Å². The number of aromatic nitrogens is 2. The highest BCUT2D eigenvalue weighted by Gasteiger charge is 2.23. The minimum atomic E-state index is -3.31. The Morgan fingerprint density at radius 3 is 2.24 bits per heavy atom. The molecule has 0 radical (unpaired) electrons. The van der Waals surface area contributed by atoms with Crippen molar-refractivity contribution in [3.05, 3.63) is 89.7 Å². The Bertz CT molecular complexity index is 1290. The van der Waals surface area contributed by atoms with Crippen LogP contribution in [0.15, 0.2) is 78.9 Å². The van der Waals surface area contributed by atoms with Gasteiger partial charge in [0.25, 0.3) is 0 Å². The molecule has 10 heteroatoms. The van der Waals surface area contributed by atoms with E-state index >= 15 is 0 Å². The zero-order valence-electron chi connectivity index (χ0n) is 17.7. The number of hydrogen-bond donors (Lipinski definition) is 2. The van der Waals surface area contributed by atoms with Gasteiger partial charge in [0.2, 0.25) is 0 Å². The second kappa shape index (κ2) is 9.48. The zero-order valence-corrected chi connectivity index (χ0v) is 18.5. The van der Waals surface area contributed by atoms with Crippen LogP contribution in [-0.2, 0) is 0 Å². The molecule has 174 valence electrons. The molecule has 34 heavy (non-hydrogen) atoms. The van der Waals surface area contributed by atoms with Crippen molar-refractivity contribution in [1.29, 1.82) is 0 Å². The molecule has 0 saturated heterocycles. The first-order chi connectivity index (χ1) is 16.2. The van der Waals surface area contributed by atoms with Crippen molar-refractivity contribution >= 4 is 29.1 Å². The second-order valence-electron chi connectivity index (χ2n) is 7.32. The zero-order chi connectivity index (χ0) is 24.3. The topological polar surface area (TPSA) is 68.2 Å². The van der Waals surface area contributed by atoms with E-state index in [0.29, 0.717) is 34.8 Å². The molecule has 0 bridgehead atoms. The van der Waals surface area contributed by atoms with Gasteiger partial charge in [0.05, 0.1) is 11.4 Å². The fourth-order valence-corrected chi connectivity index (χ4v) is 3.23. The lowest BCUT2D eigenvalue weighted by Crippen LogP contribution is -2.21. The number of anilines is 2. The Kier molecular flexibility index (Phi) is 6.47. The number of urea groups is 1. The first kappa shape index (κ1) is 23.2. The quantitative estimate of drug-likeness (QED) is 0.309. The molecule has 0 spiro atoms. The van der Waals surface area contributed by atoms with E-state index in [4.69, 9.17) is 11.6 Å². The number of halogens is 4. The van der Waals surface area contributed by atoms with Crippen LogP contribution in [0, 0.1) is 5.82 Å². The van der Waals surface area contributed by atoms with Crippen molar-refractivity contribution in [2.45, 2.75) is 13.0 Å². The Morgan fingerprint density at radius 1 is 0.971 bits per heavy atom. The third-order valence-corrected chi connectivity index (χ3v) is 4.82. The van der Waals surface area contributed by atoms with Crippen LogP contribution in [-0.4, -0.2) is 21.9 Å². The van der Waals surface area contributed by atoms with Gasteiger partial charge in [-0.25, -0.2) is 13.9 Å². The van der Waals surface area contributed by atoms with Crippen LogP contribution in [0.3, 0.4) is 0 Å². The lowest BCUT2D eigenvalue weighted by Gasteiger charge is -2.13. The van der Waals surface area contributed by atoms with E-state index in [2.05, 4.69) is 20.5 Å². The fraction of sp³-hybridized carbons (Fsp3) is 0.0833. The molecule has 0 aliphatic heterocycles. The standard InChI is InChI=1S/C24H18ClF3N4O2/c1-24(27,28)34-20-12-8-18(9-13-20)29-23(33)30-22-14-21(15-2-4-16(25)5-3-15)31-32(22)19-10-6-17(26)7-11-19/h2-14H,1H3,(H2,29,30,33). The van der Waals surface area contributed by atoms with Gasteiger partial charge in [0, 0.05) is 29.3 Å². The van der Waals surface area contributed by atoms with E-state index in [1.54, 1.807) is 30.3 Å². The number of nitrogens with zero attached hydrogens (tertiary/aromatic N) is 2. The predicted octanol–water partition coefficient (Wildman–Crippen LogP) is 6.97. The molecule has 0 saturated carbocycles. The average Bonchev–Trinajstić information content (AvgIpc) is 3.18. The normalized spacial score (nSPS) is 11.2. The summed E-state index contributed by atoms with van der Waals surface area (Å²) in [7, 11) is 0. The average molecular weight is 487 g/mol. The molecule has 0 aliphatic rings. The fourth-order valence-electron chi connectivity index (χ4n) is 3.10. The van der Waals surface area contributed by atoms with E-state index in [0.717, 1.165) is 5.56 Å². The number of benzene rings is 3. The minimum absolute atomic E-state index is 0.0412. The number of hydrogen-bond acceptors (Lipinski definition) is 3. The highest BCUT2D eigenvalue weighted by Crippen LogP contribution is 2.27. The maximum atomic E-state index is 13.4. The maximum Gasteiger partial charge on any atom is 0.394 e. The summed E-state index contributed by atoms with van der Waals surface area (Å²) in [6, 6.07) is 19.2. The third kappa shape index (κ3) is 5.87. The Morgan fingerprint density at radius 2 is 1.62 bits per heavy atom. The molecule has 0 atom stereocenters. The first-order valence-corrected chi connectivity index (χ1v) is 10.4. The van der Waals surface area contributed by atoms with E-state index in [9.17, 15) is 18.0 Å². The molecule has 0 aliphatic carbocycles. The van der Waals surface area contributed by atoms with Gasteiger partial charge >= 0.3 is 12.1 Å². The molecule has 3 aromatic carbocycles. The second-order valence-corrected chi connectivity index (χ2v) is 7.76. The summed E-state index contributed by atoms with van der Waals surface area (Å²) < 4.78 is 45.3. The van der Waals surface area contributed by atoms with E-state index in [-0.39, 0.29) is 5.75 Å². The van der Waals surface area contributed by atoms with Gasteiger partial charge in [-0.05, 0) is 60.7 Å². The van der Waals surface area contributed by atoms with Crippen LogP contribution in [0.4, 0.5) is 29.5 Å². The number of nitrogens with one attached hydrogen (secondary N) is 2. The third-order valence-electron chi connectivity index (χ3n) is 4.57. The summed E-state index contributed by atoms with van der Waals surface area (Å²) in [5.74, 6) is -0.130. The summed E-state index contributed by atoms with van der Waals surface area (Å²) in [4.78, 5) is 12.6. The molecule has 1 aromatic heterocycles. The predicted molar refractivity (Wildman–Crippen MR) is 124 cm³/mol. The summed E-state index contributed by atoms with van der Waals surface area (Å²) >= 11 is 5.96. The van der Waals surface area contributed by atoms with Crippen molar-refractivity contribution in [1.82, 2.24) is 9.78 Å². The molecule has 4 aromatic rings. The van der Waals surface area contributed by atoms with Crippen molar-refractivity contribution in [3.8, 4) is 22.7 Å². The monoisotopic (exact) mass is 486 g/mol. The van der Waals surface area contributed by atoms with Crippen LogP contribution in [0.25, 0.3) is 16.9 Å². The lowest BCUT2D eigenvalue weighted by molar-refractivity contribution is -0.158. The molecular formula is C24H18ClF3N4O2. The Balaban J connectivity index is 1.56. The molecular weight excluding hydrogens is 469 g/mol. The highest BCUT2D eigenvalue weighted by atomic mass is 35.5. The summed E-state index contributed by atoms with van der Waals surface area (Å²) in [6.45, 7) is 0.634. The summed E-state index contributed by atoms with van der Waals surface area (Å²) in [5.41, 5.74) is 2.20. The van der Waals surface area contributed by atoms with Gasteiger partial charge in [0.1, 0.15) is 17.4 Å². The summed E-state index contributed by atoms with van der Waals surface area (Å²) in [5, 5.41) is 10.4. The van der Waals surface area contributed by atoms with Crippen molar-refractivity contribution < 1.29 is 22.7 Å².